The van der Waals surface area contributed by atoms with Crippen molar-refractivity contribution in [2.24, 2.45) is 0 Å². The van der Waals surface area contributed by atoms with E-state index in [-0.39, 0.29) is 16.8 Å². The first-order valence-corrected chi connectivity index (χ1v) is 4.65. The highest BCUT2D eigenvalue weighted by molar-refractivity contribution is 5.85. The van der Waals surface area contributed by atoms with Gasteiger partial charge in [0.1, 0.15) is 17.3 Å². The molecule has 0 saturated carbocycles. The Morgan fingerprint density at radius 3 is 2.59 bits per heavy atom. The van der Waals surface area contributed by atoms with Gasteiger partial charge in [0.2, 0.25) is 5.76 Å². The quantitative estimate of drug-likeness (QED) is 0.874. The molecule has 0 aliphatic heterocycles. The summed E-state index contributed by atoms with van der Waals surface area (Å²) in [6.07, 6.45) is 0. The van der Waals surface area contributed by atoms with Gasteiger partial charge in [-0.05, 0) is 18.6 Å². The first-order valence-electron chi connectivity index (χ1n) is 4.65. The molecule has 0 radical (unpaired) electrons. The number of halogens is 2. The van der Waals surface area contributed by atoms with Gasteiger partial charge in [0, 0.05) is 17.7 Å². The van der Waals surface area contributed by atoms with Crippen LogP contribution in [0.4, 0.5) is 8.78 Å². The first-order chi connectivity index (χ1) is 7.99. The Balaban J connectivity index is 2.52. The van der Waals surface area contributed by atoms with Crippen LogP contribution < -0.4 is 0 Å². The van der Waals surface area contributed by atoms with E-state index in [1.165, 1.54) is 13.0 Å². The van der Waals surface area contributed by atoms with Crippen LogP contribution in [0.25, 0.3) is 11.3 Å². The third-order valence-electron chi connectivity index (χ3n) is 2.25. The summed E-state index contributed by atoms with van der Waals surface area (Å²) < 4.78 is 31.0. The van der Waals surface area contributed by atoms with Gasteiger partial charge in [-0.2, -0.15) is 0 Å². The van der Waals surface area contributed by atoms with Crippen molar-refractivity contribution in [2.75, 3.05) is 0 Å². The molecule has 1 aromatic heterocycles. The molecule has 2 aromatic rings. The lowest BCUT2D eigenvalue weighted by Gasteiger charge is -2.01. The molecule has 0 spiro atoms. The SMILES string of the molecule is Cc1cc(-c2cc(C(=O)O)on2)c(F)cc1F. The number of rotatable bonds is 2. The van der Waals surface area contributed by atoms with E-state index in [4.69, 9.17) is 5.11 Å². The Hall–Kier alpha value is -2.24. The molecule has 88 valence electrons. The van der Waals surface area contributed by atoms with Crippen LogP contribution in [0.2, 0.25) is 0 Å². The van der Waals surface area contributed by atoms with Crippen LogP contribution in [0.15, 0.2) is 22.7 Å². The number of hydrogen-bond acceptors (Lipinski definition) is 3. The van der Waals surface area contributed by atoms with Gasteiger partial charge >= 0.3 is 5.97 Å². The minimum absolute atomic E-state index is 0.000139. The van der Waals surface area contributed by atoms with E-state index < -0.39 is 23.4 Å². The zero-order chi connectivity index (χ0) is 12.6. The van der Waals surface area contributed by atoms with Crippen molar-refractivity contribution < 1.29 is 23.2 Å². The molecule has 4 nitrogen and oxygen atoms in total. The van der Waals surface area contributed by atoms with Crippen LogP contribution >= 0.6 is 0 Å². The van der Waals surface area contributed by atoms with E-state index >= 15 is 0 Å². The predicted molar refractivity (Wildman–Crippen MR) is 53.6 cm³/mol. The Kier molecular flexibility index (Phi) is 2.63. The van der Waals surface area contributed by atoms with E-state index in [1.807, 2.05) is 0 Å². The largest absolute Gasteiger partial charge is 0.475 e. The Morgan fingerprint density at radius 1 is 1.29 bits per heavy atom. The van der Waals surface area contributed by atoms with E-state index in [1.54, 1.807) is 0 Å². The number of nitrogens with zero attached hydrogens (tertiary/aromatic N) is 1. The molecule has 0 amide bonds. The van der Waals surface area contributed by atoms with Gasteiger partial charge in [0.15, 0.2) is 0 Å². The maximum absolute atomic E-state index is 13.5. The summed E-state index contributed by atoms with van der Waals surface area (Å²) in [5.41, 5.74) is 0.254. The standard InChI is InChI=1S/C11H7F2NO3/c1-5-2-6(8(13)3-7(5)12)9-4-10(11(15)16)17-14-9/h2-4H,1H3,(H,15,16). The molecule has 0 bridgehead atoms. The van der Waals surface area contributed by atoms with Gasteiger partial charge < -0.3 is 9.63 Å². The third-order valence-corrected chi connectivity index (χ3v) is 2.25. The molecule has 0 fully saturated rings. The van der Waals surface area contributed by atoms with Crippen molar-refractivity contribution in [2.45, 2.75) is 6.92 Å². The second kappa shape index (κ2) is 3.97. The second-order valence-electron chi connectivity index (χ2n) is 3.46. The maximum Gasteiger partial charge on any atom is 0.374 e. The number of aromatic nitrogens is 1. The van der Waals surface area contributed by atoms with Crippen LogP contribution in [0.1, 0.15) is 16.1 Å². The fourth-order valence-corrected chi connectivity index (χ4v) is 1.36. The molecule has 0 atom stereocenters. The van der Waals surface area contributed by atoms with E-state index in [0.717, 1.165) is 12.1 Å². The molecular formula is C11H7F2NO3. The van der Waals surface area contributed by atoms with E-state index in [0.29, 0.717) is 0 Å². The monoisotopic (exact) mass is 239 g/mol. The third kappa shape index (κ3) is 2.01. The highest BCUT2D eigenvalue weighted by atomic mass is 19.1. The van der Waals surface area contributed by atoms with Crippen LogP contribution in [0.5, 0.6) is 0 Å². The highest BCUT2D eigenvalue weighted by Crippen LogP contribution is 2.25. The lowest BCUT2D eigenvalue weighted by molar-refractivity contribution is 0.0652. The van der Waals surface area contributed by atoms with Gasteiger partial charge in [0.25, 0.3) is 0 Å². The van der Waals surface area contributed by atoms with Crippen LogP contribution in [0.3, 0.4) is 0 Å². The average Bonchev–Trinajstić information content (AvgIpc) is 2.72. The normalized spacial score (nSPS) is 10.5. The molecule has 1 N–H and O–H groups in total. The first kappa shape index (κ1) is 11.3. The second-order valence-corrected chi connectivity index (χ2v) is 3.46. The summed E-state index contributed by atoms with van der Waals surface area (Å²) in [6, 6.07) is 3.05. The number of aromatic carboxylic acids is 1. The zero-order valence-corrected chi connectivity index (χ0v) is 8.70. The lowest BCUT2D eigenvalue weighted by atomic mass is 10.1. The lowest BCUT2D eigenvalue weighted by Crippen LogP contribution is -1.92. The van der Waals surface area contributed by atoms with Gasteiger partial charge in [-0.1, -0.05) is 5.16 Å². The van der Waals surface area contributed by atoms with Gasteiger partial charge in [-0.15, -0.1) is 0 Å². The number of carbonyl (C=O) groups is 1. The molecule has 0 unspecified atom stereocenters. The molecule has 1 heterocycles. The average molecular weight is 239 g/mol. The molecule has 0 saturated heterocycles. The van der Waals surface area contributed by atoms with Crippen LogP contribution in [-0.4, -0.2) is 16.2 Å². The zero-order valence-electron chi connectivity index (χ0n) is 8.70. The summed E-state index contributed by atoms with van der Waals surface area (Å²) in [4.78, 5) is 10.6. The topological polar surface area (TPSA) is 63.3 Å². The fourth-order valence-electron chi connectivity index (χ4n) is 1.36. The van der Waals surface area contributed by atoms with Gasteiger partial charge in [0.05, 0.1) is 0 Å². The van der Waals surface area contributed by atoms with Crippen molar-refractivity contribution in [3.8, 4) is 11.3 Å². The number of benzene rings is 1. The molecule has 17 heavy (non-hydrogen) atoms. The van der Waals surface area contributed by atoms with Crippen LogP contribution in [0, 0.1) is 18.6 Å². The predicted octanol–water partition coefficient (Wildman–Crippen LogP) is 2.63. The summed E-state index contributed by atoms with van der Waals surface area (Å²) in [5.74, 6) is -3.20. The maximum atomic E-state index is 13.5. The summed E-state index contributed by atoms with van der Waals surface area (Å²) in [6.45, 7) is 1.47. The molecular weight excluding hydrogens is 232 g/mol. The molecule has 2 rings (SSSR count). The van der Waals surface area contributed by atoms with Crippen molar-refractivity contribution in [3.05, 3.63) is 41.2 Å². The highest BCUT2D eigenvalue weighted by Gasteiger charge is 2.16. The Bertz CT molecular complexity index is 592. The van der Waals surface area contributed by atoms with Crippen LogP contribution in [-0.2, 0) is 0 Å². The Morgan fingerprint density at radius 2 is 2.00 bits per heavy atom. The van der Waals surface area contributed by atoms with E-state index in [2.05, 4.69) is 9.68 Å². The molecule has 1 aromatic carbocycles. The number of aryl methyl sites for hydroxylation is 1. The van der Waals surface area contributed by atoms with Crippen molar-refractivity contribution in [3.63, 3.8) is 0 Å². The minimum Gasteiger partial charge on any atom is -0.475 e. The summed E-state index contributed by atoms with van der Waals surface area (Å²) >= 11 is 0. The number of carboxylic acids is 1. The fraction of sp³-hybridized carbons (Fsp3) is 0.0909. The number of carboxylic acid groups (broad SMARTS) is 1. The van der Waals surface area contributed by atoms with Crippen molar-refractivity contribution in [1.82, 2.24) is 5.16 Å². The molecule has 6 heteroatoms. The smallest absolute Gasteiger partial charge is 0.374 e. The minimum atomic E-state index is -1.30. The molecule has 0 aliphatic rings. The summed E-state index contributed by atoms with van der Waals surface area (Å²) in [7, 11) is 0. The van der Waals surface area contributed by atoms with Crippen molar-refractivity contribution in [1.29, 1.82) is 0 Å². The summed E-state index contributed by atoms with van der Waals surface area (Å²) in [5, 5.41) is 12.0. The van der Waals surface area contributed by atoms with Gasteiger partial charge in [-0.25, -0.2) is 13.6 Å². The van der Waals surface area contributed by atoms with Gasteiger partial charge in [-0.3, -0.25) is 0 Å². The van der Waals surface area contributed by atoms with Crippen molar-refractivity contribution >= 4 is 5.97 Å². The number of hydrogen-bond donors (Lipinski definition) is 1. The Labute approximate surface area is 94.5 Å². The molecule has 0 aliphatic carbocycles. The van der Waals surface area contributed by atoms with E-state index in [9.17, 15) is 13.6 Å².